The molecule has 0 bridgehead atoms. The second-order valence-electron chi connectivity index (χ2n) is 6.70. The number of hydrogen-bond donors (Lipinski definition) is 2. The Balaban J connectivity index is 0.00000392. The molecule has 2 unspecified atom stereocenters. The minimum atomic E-state index is -4.16. The van der Waals surface area contributed by atoms with Crippen LogP contribution in [0.4, 0.5) is 17.6 Å². The van der Waals surface area contributed by atoms with Gasteiger partial charge >= 0.3 is 6.18 Å². The lowest BCUT2D eigenvalue weighted by Crippen LogP contribution is -2.43. The van der Waals surface area contributed by atoms with Gasteiger partial charge < -0.3 is 15.4 Å². The number of nitrogens with zero attached hydrogens (tertiary/aromatic N) is 2. The number of aliphatic imine (C=N–C) groups is 1. The first-order valence-corrected chi connectivity index (χ1v) is 8.91. The van der Waals surface area contributed by atoms with Crippen molar-refractivity contribution >= 4 is 29.9 Å². The molecule has 2 rings (SSSR count). The van der Waals surface area contributed by atoms with E-state index in [0.717, 1.165) is 0 Å². The van der Waals surface area contributed by atoms with Gasteiger partial charge in [-0.15, -0.1) is 24.0 Å². The zero-order valence-corrected chi connectivity index (χ0v) is 18.3. The van der Waals surface area contributed by atoms with E-state index in [1.54, 1.807) is 32.2 Å². The minimum absolute atomic E-state index is 0. The molecule has 0 aromatic heterocycles. The molecule has 28 heavy (non-hydrogen) atoms. The molecule has 1 aromatic carbocycles. The van der Waals surface area contributed by atoms with Crippen molar-refractivity contribution < 1.29 is 22.3 Å². The van der Waals surface area contributed by atoms with Crippen molar-refractivity contribution in [1.82, 2.24) is 15.5 Å². The van der Waals surface area contributed by atoms with E-state index in [1.165, 1.54) is 11.0 Å². The van der Waals surface area contributed by atoms with Gasteiger partial charge in [-0.25, -0.2) is 4.39 Å². The summed E-state index contributed by atoms with van der Waals surface area (Å²) in [5, 5.41) is 6.21. The number of ether oxygens (including phenoxy) is 1. The maximum Gasteiger partial charge on any atom is 0.401 e. The van der Waals surface area contributed by atoms with Crippen LogP contribution >= 0.6 is 24.0 Å². The predicted octanol–water partition coefficient (Wildman–Crippen LogP) is 3.26. The molecule has 1 aliphatic rings. The summed E-state index contributed by atoms with van der Waals surface area (Å²) < 4.78 is 56.4. The van der Waals surface area contributed by atoms with Gasteiger partial charge in [0.25, 0.3) is 0 Å². The molecule has 1 heterocycles. The van der Waals surface area contributed by atoms with Gasteiger partial charge in [0.05, 0.1) is 13.1 Å². The number of benzene rings is 1. The number of para-hydroxylation sites is 1. The van der Waals surface area contributed by atoms with Crippen molar-refractivity contribution in [1.29, 1.82) is 0 Å². The van der Waals surface area contributed by atoms with E-state index < -0.39 is 18.5 Å². The van der Waals surface area contributed by atoms with Crippen molar-refractivity contribution in [3.8, 4) is 5.75 Å². The topological polar surface area (TPSA) is 48.9 Å². The maximum absolute atomic E-state index is 13.6. The number of halogens is 5. The summed E-state index contributed by atoms with van der Waals surface area (Å²) in [4.78, 5) is 5.52. The number of rotatable bonds is 7. The van der Waals surface area contributed by atoms with Crippen LogP contribution in [0.25, 0.3) is 0 Å². The molecule has 0 aliphatic carbocycles. The van der Waals surface area contributed by atoms with Crippen LogP contribution in [0.3, 0.4) is 0 Å². The van der Waals surface area contributed by atoms with E-state index in [4.69, 9.17) is 4.74 Å². The third kappa shape index (κ3) is 8.80. The first-order valence-electron chi connectivity index (χ1n) is 8.91. The van der Waals surface area contributed by atoms with Gasteiger partial charge in [0.15, 0.2) is 17.5 Å². The second-order valence-corrected chi connectivity index (χ2v) is 6.70. The van der Waals surface area contributed by atoms with Crippen LogP contribution in [-0.2, 0) is 0 Å². The number of alkyl halides is 3. The molecule has 1 fully saturated rings. The molecule has 1 saturated heterocycles. The van der Waals surface area contributed by atoms with Crippen molar-refractivity contribution in [3.63, 3.8) is 0 Å². The molecule has 1 aliphatic heterocycles. The van der Waals surface area contributed by atoms with E-state index >= 15 is 0 Å². The summed E-state index contributed by atoms with van der Waals surface area (Å²) >= 11 is 0. The first-order chi connectivity index (χ1) is 12.8. The van der Waals surface area contributed by atoms with E-state index in [9.17, 15) is 17.6 Å². The number of likely N-dealkylation sites (tertiary alicyclic amines) is 1. The Morgan fingerprint density at radius 1 is 1.32 bits per heavy atom. The Kier molecular flexibility index (Phi) is 10.3. The molecule has 5 nitrogen and oxygen atoms in total. The molecule has 10 heteroatoms. The number of guanidine groups is 1. The largest absolute Gasteiger partial charge is 0.486 e. The monoisotopic (exact) mass is 518 g/mol. The number of hydrogen-bond acceptors (Lipinski definition) is 3. The molecule has 0 radical (unpaired) electrons. The Morgan fingerprint density at radius 2 is 2.04 bits per heavy atom. The highest BCUT2D eigenvalue weighted by atomic mass is 127. The molecule has 0 amide bonds. The van der Waals surface area contributed by atoms with Gasteiger partial charge in [0, 0.05) is 20.1 Å². The van der Waals surface area contributed by atoms with Crippen LogP contribution in [0.5, 0.6) is 5.75 Å². The highest BCUT2D eigenvalue weighted by Crippen LogP contribution is 2.22. The fourth-order valence-electron chi connectivity index (χ4n) is 2.98. The van der Waals surface area contributed by atoms with Gasteiger partial charge in [0.1, 0.15) is 6.10 Å². The first kappa shape index (κ1) is 24.7. The average molecular weight is 518 g/mol. The van der Waals surface area contributed by atoms with Gasteiger partial charge in [-0.3, -0.25) is 9.89 Å². The molecule has 1 aromatic rings. The SMILES string of the molecule is CN=C(NCC1CCN(CC(F)(F)F)C1)NCC(C)Oc1ccccc1F.I. The summed E-state index contributed by atoms with van der Waals surface area (Å²) in [6.45, 7) is 2.75. The van der Waals surface area contributed by atoms with Crippen LogP contribution in [0.1, 0.15) is 13.3 Å². The average Bonchev–Trinajstić information content (AvgIpc) is 3.02. The third-order valence-corrected chi connectivity index (χ3v) is 4.28. The zero-order chi connectivity index (χ0) is 19.9. The van der Waals surface area contributed by atoms with Crippen molar-refractivity contribution in [2.45, 2.75) is 25.6 Å². The molecule has 160 valence electrons. The Labute approximate surface area is 179 Å². The summed E-state index contributed by atoms with van der Waals surface area (Å²) in [7, 11) is 1.61. The van der Waals surface area contributed by atoms with Gasteiger partial charge in [-0.2, -0.15) is 13.2 Å². The smallest absolute Gasteiger partial charge is 0.401 e. The van der Waals surface area contributed by atoms with Gasteiger partial charge in [-0.1, -0.05) is 12.1 Å². The van der Waals surface area contributed by atoms with Crippen molar-refractivity contribution in [2.75, 3.05) is 39.8 Å². The molecule has 2 atom stereocenters. The van der Waals surface area contributed by atoms with Crippen LogP contribution < -0.4 is 15.4 Å². The predicted molar refractivity (Wildman–Crippen MR) is 112 cm³/mol. The molecule has 0 saturated carbocycles. The Bertz CT molecular complexity index is 630. The number of nitrogens with one attached hydrogen (secondary N) is 2. The summed E-state index contributed by atoms with van der Waals surface area (Å²) in [5.74, 6) is 0.438. The lowest BCUT2D eigenvalue weighted by molar-refractivity contribution is -0.143. The standard InChI is InChI=1S/C18H26F4N4O.HI/c1-13(27-16-6-4-3-5-15(16)19)9-24-17(23-2)25-10-14-7-8-26(11-14)12-18(20,21)22;/h3-6,13-14H,7-12H2,1-2H3,(H2,23,24,25);1H. The van der Waals surface area contributed by atoms with Crippen LogP contribution in [-0.4, -0.2) is 62.9 Å². The van der Waals surface area contributed by atoms with Crippen LogP contribution in [0.2, 0.25) is 0 Å². The summed E-state index contributed by atoms with van der Waals surface area (Å²) in [6.07, 6.45) is -3.74. The fraction of sp³-hybridized carbons (Fsp3) is 0.611. The maximum atomic E-state index is 13.6. The van der Waals surface area contributed by atoms with Crippen molar-refractivity contribution in [3.05, 3.63) is 30.1 Å². The fourth-order valence-corrected chi connectivity index (χ4v) is 2.98. The highest BCUT2D eigenvalue weighted by Gasteiger charge is 2.34. The van der Waals surface area contributed by atoms with Crippen molar-refractivity contribution in [2.24, 2.45) is 10.9 Å². The lowest BCUT2D eigenvalue weighted by Gasteiger charge is -2.20. The quantitative estimate of drug-likeness (QED) is 0.252. The highest BCUT2D eigenvalue weighted by molar-refractivity contribution is 14.0. The third-order valence-electron chi connectivity index (χ3n) is 4.28. The van der Waals surface area contributed by atoms with E-state index in [0.29, 0.717) is 38.6 Å². The van der Waals surface area contributed by atoms with Gasteiger partial charge in [0.2, 0.25) is 0 Å². The second kappa shape index (κ2) is 11.6. The van der Waals surface area contributed by atoms with E-state index in [1.807, 2.05) is 0 Å². The normalized spacial score (nSPS) is 19.1. The molecular formula is C18H27F4IN4O. The Morgan fingerprint density at radius 3 is 2.68 bits per heavy atom. The molecular weight excluding hydrogens is 491 g/mol. The minimum Gasteiger partial charge on any atom is -0.486 e. The van der Waals surface area contributed by atoms with Crippen LogP contribution in [0.15, 0.2) is 29.3 Å². The molecule has 2 N–H and O–H groups in total. The van der Waals surface area contributed by atoms with E-state index in [-0.39, 0.29) is 41.7 Å². The summed E-state index contributed by atoms with van der Waals surface area (Å²) in [5.41, 5.74) is 0. The molecule has 0 spiro atoms. The Hall–Kier alpha value is -1.30. The zero-order valence-electron chi connectivity index (χ0n) is 15.9. The lowest BCUT2D eigenvalue weighted by atomic mass is 10.1. The van der Waals surface area contributed by atoms with E-state index in [2.05, 4.69) is 15.6 Å². The van der Waals surface area contributed by atoms with Gasteiger partial charge in [-0.05, 0) is 37.9 Å². The van der Waals surface area contributed by atoms with Crippen LogP contribution in [0, 0.1) is 11.7 Å². The summed E-state index contributed by atoms with van der Waals surface area (Å²) in [6, 6.07) is 6.18.